The average molecular weight is 445 g/mol. The maximum atomic E-state index is 12.2. The normalized spacial score (nSPS) is 24.8. The zero-order valence-corrected chi connectivity index (χ0v) is 19.8. The molecule has 2 amide bonds. The molecule has 2 aliphatic heterocycles. The first-order valence-electron chi connectivity index (χ1n) is 11.4. The van der Waals surface area contributed by atoms with Gasteiger partial charge in [-0.15, -0.1) is 0 Å². The molecule has 0 bridgehead atoms. The molecule has 2 saturated heterocycles. The van der Waals surface area contributed by atoms with E-state index in [2.05, 4.69) is 46.4 Å². The van der Waals surface area contributed by atoms with Gasteiger partial charge in [0.05, 0.1) is 12.5 Å². The summed E-state index contributed by atoms with van der Waals surface area (Å²) in [5.41, 5.74) is 1.58. The van der Waals surface area contributed by atoms with Crippen LogP contribution < -0.4 is 15.5 Å². The van der Waals surface area contributed by atoms with Gasteiger partial charge in [-0.3, -0.25) is 24.6 Å². The highest BCUT2D eigenvalue weighted by Crippen LogP contribution is 2.27. The standard InChI is InChI=1S/C24H36N4O4/c1-16-13-27(15-22(30)32-24(3,4)5)14-17(2)28(16)20-8-6-7-19(11-20)25-12-18-9-10-21(29)26-23(18)31/h6-8,11,16-18,25H,9-10,12-15H2,1-5H3,(H,26,29,31)/t16-,17+,18?. The number of amides is 2. The molecule has 1 aromatic rings. The maximum absolute atomic E-state index is 12.2. The molecule has 3 atom stereocenters. The van der Waals surface area contributed by atoms with Crippen LogP contribution in [0.15, 0.2) is 24.3 Å². The molecule has 0 saturated carbocycles. The van der Waals surface area contributed by atoms with Crippen LogP contribution in [0.2, 0.25) is 0 Å². The van der Waals surface area contributed by atoms with Gasteiger partial charge in [-0.2, -0.15) is 0 Å². The van der Waals surface area contributed by atoms with Crippen LogP contribution in [0.1, 0.15) is 47.5 Å². The van der Waals surface area contributed by atoms with Gasteiger partial charge < -0.3 is 15.0 Å². The number of carbonyl (C=O) groups excluding carboxylic acids is 3. The third-order valence-corrected chi connectivity index (χ3v) is 5.82. The van der Waals surface area contributed by atoms with Crippen LogP contribution in [0.25, 0.3) is 0 Å². The molecule has 8 nitrogen and oxygen atoms in total. The highest BCUT2D eigenvalue weighted by atomic mass is 16.6. The quantitative estimate of drug-likeness (QED) is 0.514. The zero-order valence-electron chi connectivity index (χ0n) is 19.8. The molecule has 176 valence electrons. The lowest BCUT2D eigenvalue weighted by molar-refractivity contribution is -0.156. The van der Waals surface area contributed by atoms with Gasteiger partial charge in [0.1, 0.15) is 5.60 Å². The Bertz CT molecular complexity index is 839. The van der Waals surface area contributed by atoms with Crippen molar-refractivity contribution in [2.45, 2.75) is 65.1 Å². The molecule has 2 fully saturated rings. The fourth-order valence-electron chi connectivity index (χ4n) is 4.58. The Morgan fingerprint density at radius 1 is 1.19 bits per heavy atom. The maximum Gasteiger partial charge on any atom is 0.320 e. The summed E-state index contributed by atoms with van der Waals surface area (Å²) in [6.07, 6.45) is 0.964. The number of anilines is 2. The number of benzene rings is 1. The first-order chi connectivity index (χ1) is 15.0. The Hall–Kier alpha value is -2.61. The summed E-state index contributed by atoms with van der Waals surface area (Å²) in [6.45, 7) is 12.3. The van der Waals surface area contributed by atoms with Crippen molar-refractivity contribution >= 4 is 29.2 Å². The lowest BCUT2D eigenvalue weighted by Gasteiger charge is -2.45. The van der Waals surface area contributed by atoms with Gasteiger partial charge in [0.15, 0.2) is 0 Å². The molecule has 0 aromatic heterocycles. The van der Waals surface area contributed by atoms with E-state index in [0.717, 1.165) is 24.5 Å². The van der Waals surface area contributed by atoms with Crippen molar-refractivity contribution in [1.29, 1.82) is 0 Å². The lowest BCUT2D eigenvalue weighted by atomic mass is 9.98. The van der Waals surface area contributed by atoms with Crippen molar-refractivity contribution in [3.63, 3.8) is 0 Å². The van der Waals surface area contributed by atoms with Gasteiger partial charge in [-0.05, 0) is 59.2 Å². The SMILES string of the molecule is C[C@@H]1CN(CC(=O)OC(C)(C)C)C[C@H](C)N1c1cccc(NCC2CCC(=O)NC2=O)c1. The Morgan fingerprint density at radius 3 is 2.50 bits per heavy atom. The second kappa shape index (κ2) is 9.90. The number of imide groups is 1. The predicted octanol–water partition coefficient (Wildman–Crippen LogP) is 2.39. The van der Waals surface area contributed by atoms with Gasteiger partial charge in [0.25, 0.3) is 0 Å². The Balaban J connectivity index is 1.59. The molecule has 0 aliphatic carbocycles. The molecule has 32 heavy (non-hydrogen) atoms. The van der Waals surface area contributed by atoms with Crippen LogP contribution in [-0.2, 0) is 19.1 Å². The predicted molar refractivity (Wildman–Crippen MR) is 124 cm³/mol. The lowest BCUT2D eigenvalue weighted by Crippen LogP contribution is -2.58. The highest BCUT2D eigenvalue weighted by molar-refractivity contribution is 5.98. The minimum absolute atomic E-state index is 0.190. The molecule has 8 heteroatoms. The summed E-state index contributed by atoms with van der Waals surface area (Å²) in [4.78, 5) is 40.1. The summed E-state index contributed by atoms with van der Waals surface area (Å²) >= 11 is 0. The number of nitrogens with zero attached hydrogens (tertiary/aromatic N) is 2. The molecular formula is C24H36N4O4. The molecular weight excluding hydrogens is 408 g/mol. The second-order valence-electron chi connectivity index (χ2n) is 9.97. The number of carbonyl (C=O) groups is 3. The number of nitrogens with one attached hydrogen (secondary N) is 2. The number of rotatable bonds is 6. The highest BCUT2D eigenvalue weighted by Gasteiger charge is 2.32. The molecule has 2 heterocycles. The Morgan fingerprint density at radius 2 is 1.88 bits per heavy atom. The molecule has 2 aliphatic rings. The van der Waals surface area contributed by atoms with Crippen molar-refractivity contribution in [1.82, 2.24) is 10.2 Å². The first kappa shape index (κ1) is 24.0. The van der Waals surface area contributed by atoms with E-state index < -0.39 is 5.60 Å². The van der Waals surface area contributed by atoms with E-state index in [9.17, 15) is 14.4 Å². The van der Waals surface area contributed by atoms with Crippen LogP contribution in [0.4, 0.5) is 11.4 Å². The van der Waals surface area contributed by atoms with Crippen LogP contribution in [0.5, 0.6) is 0 Å². The van der Waals surface area contributed by atoms with Gasteiger partial charge in [0, 0.05) is 49.5 Å². The summed E-state index contributed by atoms with van der Waals surface area (Å²) in [7, 11) is 0. The fraction of sp³-hybridized carbons (Fsp3) is 0.625. The third kappa shape index (κ3) is 6.45. The largest absolute Gasteiger partial charge is 0.459 e. The Kier molecular flexibility index (Phi) is 7.44. The average Bonchev–Trinajstić information content (AvgIpc) is 2.65. The molecule has 2 N–H and O–H groups in total. The molecule has 3 rings (SSSR count). The number of ether oxygens (including phenoxy) is 1. The monoisotopic (exact) mass is 444 g/mol. The third-order valence-electron chi connectivity index (χ3n) is 5.82. The smallest absolute Gasteiger partial charge is 0.320 e. The first-order valence-corrected chi connectivity index (χ1v) is 11.4. The second-order valence-corrected chi connectivity index (χ2v) is 9.97. The van der Waals surface area contributed by atoms with Crippen LogP contribution in [0, 0.1) is 5.92 Å². The van der Waals surface area contributed by atoms with Crippen molar-refractivity contribution in [3.8, 4) is 0 Å². The number of hydrogen-bond donors (Lipinski definition) is 2. The number of piperidine rings is 1. The van der Waals surface area contributed by atoms with Crippen molar-refractivity contribution < 1.29 is 19.1 Å². The number of hydrogen-bond acceptors (Lipinski definition) is 7. The topological polar surface area (TPSA) is 91.0 Å². The minimum atomic E-state index is -0.475. The van der Waals surface area contributed by atoms with Crippen LogP contribution in [-0.4, -0.2) is 66.5 Å². The van der Waals surface area contributed by atoms with Crippen LogP contribution >= 0.6 is 0 Å². The van der Waals surface area contributed by atoms with E-state index in [1.54, 1.807) is 0 Å². The summed E-state index contributed by atoms with van der Waals surface area (Å²) in [5.74, 6) is -0.786. The summed E-state index contributed by atoms with van der Waals surface area (Å²) < 4.78 is 5.48. The van der Waals surface area contributed by atoms with Crippen molar-refractivity contribution in [2.24, 2.45) is 5.92 Å². The van der Waals surface area contributed by atoms with E-state index in [0.29, 0.717) is 25.9 Å². The number of piperazine rings is 1. The van der Waals surface area contributed by atoms with Crippen molar-refractivity contribution in [2.75, 3.05) is 36.4 Å². The molecule has 1 unspecified atom stereocenters. The van der Waals surface area contributed by atoms with E-state index in [4.69, 9.17) is 4.74 Å². The molecule has 1 aromatic carbocycles. The fourth-order valence-corrected chi connectivity index (χ4v) is 4.58. The van der Waals surface area contributed by atoms with Gasteiger partial charge in [-0.25, -0.2) is 0 Å². The number of esters is 1. The van der Waals surface area contributed by atoms with E-state index in [-0.39, 0.29) is 35.8 Å². The zero-order chi connectivity index (χ0) is 23.5. The van der Waals surface area contributed by atoms with E-state index in [1.807, 2.05) is 32.9 Å². The Labute approximate surface area is 190 Å². The van der Waals surface area contributed by atoms with Gasteiger partial charge in [0.2, 0.25) is 11.8 Å². The summed E-state index contributed by atoms with van der Waals surface area (Å²) in [6, 6.07) is 8.65. The van der Waals surface area contributed by atoms with Crippen molar-refractivity contribution in [3.05, 3.63) is 24.3 Å². The van der Waals surface area contributed by atoms with E-state index >= 15 is 0 Å². The summed E-state index contributed by atoms with van der Waals surface area (Å²) in [5, 5.41) is 5.76. The van der Waals surface area contributed by atoms with Gasteiger partial charge >= 0.3 is 5.97 Å². The van der Waals surface area contributed by atoms with Crippen LogP contribution in [0.3, 0.4) is 0 Å². The molecule has 0 spiro atoms. The van der Waals surface area contributed by atoms with E-state index in [1.165, 1.54) is 0 Å². The molecule has 0 radical (unpaired) electrons. The minimum Gasteiger partial charge on any atom is -0.459 e. The van der Waals surface area contributed by atoms with Gasteiger partial charge in [-0.1, -0.05) is 6.07 Å².